The third-order valence-corrected chi connectivity index (χ3v) is 4.68. The number of rotatable bonds is 5. The Morgan fingerprint density at radius 3 is 3.04 bits per heavy atom. The Balaban J connectivity index is 1.44. The summed E-state index contributed by atoms with van der Waals surface area (Å²) in [4.78, 5) is 34.7. The van der Waals surface area contributed by atoms with Gasteiger partial charge in [0.2, 0.25) is 11.8 Å². The number of nitrogens with zero attached hydrogens (tertiary/aromatic N) is 4. The number of hydrogen-bond acceptors (Lipinski definition) is 7. The first-order valence-corrected chi connectivity index (χ1v) is 9.04. The van der Waals surface area contributed by atoms with Gasteiger partial charge in [-0.05, 0) is 25.0 Å². The molecule has 0 bridgehead atoms. The van der Waals surface area contributed by atoms with Crippen molar-refractivity contribution in [3.8, 4) is 11.9 Å². The summed E-state index contributed by atoms with van der Waals surface area (Å²) in [5.74, 6) is -0.280. The molecule has 9 nitrogen and oxygen atoms in total. The van der Waals surface area contributed by atoms with Crippen LogP contribution in [0.1, 0.15) is 12.8 Å². The zero-order chi connectivity index (χ0) is 19.5. The molecule has 1 fully saturated rings. The number of piperidine rings is 1. The van der Waals surface area contributed by atoms with Crippen LogP contribution in [-0.4, -0.2) is 51.6 Å². The van der Waals surface area contributed by atoms with Gasteiger partial charge in [-0.1, -0.05) is 12.1 Å². The molecule has 3 heterocycles. The van der Waals surface area contributed by atoms with E-state index in [1.54, 1.807) is 41.4 Å². The van der Waals surface area contributed by atoms with Gasteiger partial charge < -0.3 is 18.8 Å². The normalized spacial score (nSPS) is 16.9. The fourth-order valence-corrected chi connectivity index (χ4v) is 3.32. The van der Waals surface area contributed by atoms with Gasteiger partial charge in [0, 0.05) is 18.8 Å². The summed E-state index contributed by atoms with van der Waals surface area (Å²) in [7, 11) is 1.49. The van der Waals surface area contributed by atoms with Crippen molar-refractivity contribution in [2.24, 2.45) is 0 Å². The third kappa shape index (κ3) is 3.68. The van der Waals surface area contributed by atoms with Crippen LogP contribution in [0.25, 0.3) is 11.1 Å². The minimum absolute atomic E-state index is 0.0656. The number of carbonyl (C=O) groups excluding carboxylic acids is 1. The molecule has 28 heavy (non-hydrogen) atoms. The van der Waals surface area contributed by atoms with Crippen LogP contribution in [-0.2, 0) is 11.3 Å². The first-order valence-electron chi connectivity index (χ1n) is 9.04. The predicted octanol–water partition coefficient (Wildman–Crippen LogP) is 1.46. The van der Waals surface area contributed by atoms with E-state index in [1.807, 2.05) is 0 Å². The molecular formula is C19H20N4O5. The summed E-state index contributed by atoms with van der Waals surface area (Å²) >= 11 is 0. The molecular weight excluding hydrogens is 364 g/mol. The van der Waals surface area contributed by atoms with Crippen molar-refractivity contribution in [2.45, 2.75) is 25.5 Å². The van der Waals surface area contributed by atoms with Crippen LogP contribution >= 0.6 is 0 Å². The summed E-state index contributed by atoms with van der Waals surface area (Å²) in [6.45, 7) is 0.982. The molecule has 1 aliphatic rings. The largest absolute Gasteiger partial charge is 0.472 e. The number of fused-ring (bicyclic) bond motifs is 1. The van der Waals surface area contributed by atoms with E-state index in [0.29, 0.717) is 30.1 Å². The van der Waals surface area contributed by atoms with Gasteiger partial charge in [0.25, 0.3) is 0 Å². The SMILES string of the molecule is COc1nccc(OC2CCCN(C(=O)Cn3c(=O)oc4ccccc43)C2)n1. The second-order valence-electron chi connectivity index (χ2n) is 6.53. The first kappa shape index (κ1) is 18.0. The maximum atomic E-state index is 12.8. The molecule has 0 spiro atoms. The second-order valence-corrected chi connectivity index (χ2v) is 6.53. The van der Waals surface area contributed by atoms with Crippen LogP contribution in [0, 0.1) is 0 Å². The fourth-order valence-electron chi connectivity index (χ4n) is 3.32. The first-order chi connectivity index (χ1) is 13.6. The number of oxazole rings is 1. The van der Waals surface area contributed by atoms with Gasteiger partial charge in [0.05, 0.1) is 19.2 Å². The van der Waals surface area contributed by atoms with Crippen LogP contribution in [0.4, 0.5) is 0 Å². The molecule has 1 saturated heterocycles. The lowest BCUT2D eigenvalue weighted by Crippen LogP contribution is -2.46. The number of carbonyl (C=O) groups is 1. The Morgan fingerprint density at radius 2 is 2.18 bits per heavy atom. The molecule has 4 rings (SSSR count). The molecule has 1 aromatic carbocycles. The molecule has 0 N–H and O–H groups in total. The molecule has 9 heteroatoms. The fraction of sp³-hybridized carbons (Fsp3) is 0.368. The Hall–Kier alpha value is -3.36. The van der Waals surface area contributed by atoms with E-state index in [0.717, 1.165) is 12.8 Å². The summed E-state index contributed by atoms with van der Waals surface area (Å²) in [6, 6.07) is 8.94. The molecule has 3 aromatic rings. The quantitative estimate of drug-likeness (QED) is 0.657. The topological polar surface area (TPSA) is 99.7 Å². The number of benzene rings is 1. The molecule has 1 unspecified atom stereocenters. The smallest absolute Gasteiger partial charge is 0.420 e. The van der Waals surface area contributed by atoms with E-state index in [4.69, 9.17) is 13.9 Å². The number of ether oxygens (including phenoxy) is 2. The van der Waals surface area contributed by atoms with E-state index in [1.165, 1.54) is 11.7 Å². The van der Waals surface area contributed by atoms with Crippen LogP contribution in [0.5, 0.6) is 11.9 Å². The summed E-state index contributed by atoms with van der Waals surface area (Å²) in [5, 5.41) is 0. The number of methoxy groups -OCH3 is 1. The van der Waals surface area contributed by atoms with Crippen molar-refractivity contribution >= 4 is 17.0 Å². The van der Waals surface area contributed by atoms with E-state index in [2.05, 4.69) is 9.97 Å². The lowest BCUT2D eigenvalue weighted by atomic mass is 10.1. The van der Waals surface area contributed by atoms with Crippen molar-refractivity contribution in [1.82, 2.24) is 19.4 Å². The number of amides is 1. The minimum atomic E-state index is -0.535. The predicted molar refractivity (Wildman–Crippen MR) is 99.3 cm³/mol. The monoisotopic (exact) mass is 384 g/mol. The highest BCUT2D eigenvalue weighted by molar-refractivity contribution is 5.79. The van der Waals surface area contributed by atoms with E-state index >= 15 is 0 Å². The highest BCUT2D eigenvalue weighted by Crippen LogP contribution is 2.19. The van der Waals surface area contributed by atoms with Gasteiger partial charge >= 0.3 is 11.8 Å². The molecule has 146 valence electrons. The molecule has 1 aliphatic heterocycles. The lowest BCUT2D eigenvalue weighted by Gasteiger charge is -2.32. The number of aromatic nitrogens is 3. The van der Waals surface area contributed by atoms with Gasteiger partial charge in [-0.15, -0.1) is 0 Å². The average Bonchev–Trinajstić information content (AvgIpc) is 3.03. The summed E-state index contributed by atoms with van der Waals surface area (Å²) in [5.41, 5.74) is 1.08. The van der Waals surface area contributed by atoms with Crippen LogP contribution in [0.2, 0.25) is 0 Å². The van der Waals surface area contributed by atoms with Gasteiger partial charge in [-0.25, -0.2) is 9.78 Å². The highest BCUT2D eigenvalue weighted by Gasteiger charge is 2.26. The van der Waals surface area contributed by atoms with E-state index in [9.17, 15) is 9.59 Å². The Bertz CT molecular complexity index is 1040. The minimum Gasteiger partial charge on any atom is -0.472 e. The maximum Gasteiger partial charge on any atom is 0.420 e. The number of likely N-dealkylation sites (tertiary alicyclic amines) is 1. The van der Waals surface area contributed by atoms with Crippen LogP contribution in [0.15, 0.2) is 45.7 Å². The standard InChI is InChI=1S/C19H20N4O5/c1-26-18-20-9-8-16(21-18)27-13-5-4-10-22(11-13)17(24)12-23-14-6-2-3-7-15(14)28-19(23)25/h2-3,6-9,13H,4-5,10-12H2,1H3. The molecule has 0 saturated carbocycles. The summed E-state index contributed by atoms with van der Waals surface area (Å²) in [6.07, 6.45) is 2.99. The van der Waals surface area contributed by atoms with Crippen LogP contribution in [0.3, 0.4) is 0 Å². The molecule has 1 amide bonds. The van der Waals surface area contributed by atoms with Gasteiger partial charge in [0.15, 0.2) is 5.58 Å². The summed E-state index contributed by atoms with van der Waals surface area (Å²) < 4.78 is 17.4. The molecule has 0 aliphatic carbocycles. The van der Waals surface area contributed by atoms with Crippen LogP contribution < -0.4 is 15.2 Å². The van der Waals surface area contributed by atoms with Crippen molar-refractivity contribution in [1.29, 1.82) is 0 Å². The van der Waals surface area contributed by atoms with Crippen molar-refractivity contribution < 1.29 is 18.7 Å². The van der Waals surface area contributed by atoms with Gasteiger partial charge in [-0.3, -0.25) is 9.36 Å². The Kier molecular flexibility index (Phi) is 4.96. The number of hydrogen-bond donors (Lipinski definition) is 0. The van der Waals surface area contributed by atoms with E-state index in [-0.39, 0.29) is 24.6 Å². The zero-order valence-corrected chi connectivity index (χ0v) is 15.4. The molecule has 1 atom stereocenters. The number of para-hydroxylation sites is 2. The second kappa shape index (κ2) is 7.71. The van der Waals surface area contributed by atoms with Gasteiger partial charge in [0.1, 0.15) is 12.6 Å². The highest BCUT2D eigenvalue weighted by atomic mass is 16.5. The van der Waals surface area contributed by atoms with Crippen molar-refractivity contribution in [3.05, 3.63) is 47.1 Å². The van der Waals surface area contributed by atoms with Crippen molar-refractivity contribution in [3.63, 3.8) is 0 Å². The lowest BCUT2D eigenvalue weighted by molar-refractivity contribution is -0.134. The Morgan fingerprint density at radius 1 is 1.32 bits per heavy atom. The van der Waals surface area contributed by atoms with E-state index < -0.39 is 5.76 Å². The van der Waals surface area contributed by atoms with Gasteiger partial charge in [-0.2, -0.15) is 4.98 Å². The molecule has 2 aromatic heterocycles. The molecule has 0 radical (unpaired) electrons. The average molecular weight is 384 g/mol. The third-order valence-electron chi connectivity index (χ3n) is 4.68. The zero-order valence-electron chi connectivity index (χ0n) is 15.4. The maximum absolute atomic E-state index is 12.8. The Labute approximate surface area is 160 Å². The van der Waals surface area contributed by atoms with Crippen molar-refractivity contribution in [2.75, 3.05) is 20.2 Å².